The lowest BCUT2D eigenvalue weighted by Crippen LogP contribution is -1.96. The van der Waals surface area contributed by atoms with E-state index in [4.69, 9.17) is 10.2 Å². The normalized spacial score (nSPS) is 11.2. The molecule has 0 aliphatic carbocycles. The van der Waals surface area contributed by atoms with E-state index in [1.165, 1.54) is 6.39 Å². The van der Waals surface area contributed by atoms with E-state index >= 15 is 0 Å². The van der Waals surface area contributed by atoms with Crippen molar-refractivity contribution in [2.24, 2.45) is 7.05 Å². The second-order valence-electron chi connectivity index (χ2n) is 3.87. The quantitative estimate of drug-likeness (QED) is 0.683. The van der Waals surface area contributed by atoms with E-state index in [1.54, 1.807) is 10.9 Å². The highest BCUT2D eigenvalue weighted by molar-refractivity contribution is 5.91. The fraction of sp³-hybridized carbons (Fsp3) is 0.182. The number of oxazole rings is 1. The average molecular weight is 229 g/mol. The van der Waals surface area contributed by atoms with Crippen LogP contribution >= 0.6 is 0 Å². The molecule has 17 heavy (non-hydrogen) atoms. The van der Waals surface area contributed by atoms with Crippen LogP contribution in [0.3, 0.4) is 0 Å². The average Bonchev–Trinajstić information content (AvgIpc) is 2.90. The van der Waals surface area contributed by atoms with Crippen LogP contribution < -0.4 is 5.73 Å². The summed E-state index contributed by atoms with van der Waals surface area (Å²) in [5.74, 6) is 0.612. The van der Waals surface area contributed by atoms with Crippen molar-refractivity contribution in [3.63, 3.8) is 0 Å². The molecule has 0 radical (unpaired) electrons. The molecule has 0 spiro atoms. The first kappa shape index (κ1) is 9.83. The van der Waals surface area contributed by atoms with Crippen molar-refractivity contribution in [3.05, 3.63) is 24.4 Å². The third-order valence-electron chi connectivity index (χ3n) is 2.71. The van der Waals surface area contributed by atoms with Crippen molar-refractivity contribution in [2.75, 3.05) is 5.73 Å². The smallest absolute Gasteiger partial charge is 0.181 e. The monoisotopic (exact) mass is 229 g/mol. The lowest BCUT2D eigenvalue weighted by Gasteiger charge is -1.99. The summed E-state index contributed by atoms with van der Waals surface area (Å²) >= 11 is 0. The molecular weight excluding hydrogens is 218 g/mol. The summed E-state index contributed by atoms with van der Waals surface area (Å²) in [6, 6.07) is 1.86. The second kappa shape index (κ2) is 3.31. The second-order valence-corrected chi connectivity index (χ2v) is 3.87. The zero-order valence-corrected chi connectivity index (χ0v) is 9.51. The Balaban J connectivity index is 2.38. The predicted molar refractivity (Wildman–Crippen MR) is 63.2 cm³/mol. The highest BCUT2D eigenvalue weighted by Gasteiger charge is 2.15. The van der Waals surface area contributed by atoms with Gasteiger partial charge in [-0.1, -0.05) is 0 Å². The molecule has 0 aliphatic heterocycles. The molecule has 0 amide bonds. The number of rotatable bonds is 1. The molecule has 3 rings (SSSR count). The van der Waals surface area contributed by atoms with Crippen molar-refractivity contribution in [3.8, 4) is 11.5 Å². The topological polar surface area (TPSA) is 82.8 Å². The van der Waals surface area contributed by atoms with Gasteiger partial charge in [0.25, 0.3) is 0 Å². The first-order valence-corrected chi connectivity index (χ1v) is 5.15. The molecule has 3 heterocycles. The van der Waals surface area contributed by atoms with Gasteiger partial charge in [-0.3, -0.25) is 0 Å². The molecular formula is C11H11N5O. The number of aromatic nitrogens is 4. The minimum absolute atomic E-state index is 0.612. The molecule has 0 aromatic carbocycles. The van der Waals surface area contributed by atoms with Gasteiger partial charge in [-0.05, 0) is 13.0 Å². The Morgan fingerprint density at radius 2 is 2.24 bits per heavy atom. The van der Waals surface area contributed by atoms with Crippen LogP contribution in [0.15, 0.2) is 23.1 Å². The summed E-state index contributed by atoms with van der Waals surface area (Å²) in [7, 11) is 1.84. The number of nitrogen functional groups attached to an aromatic ring is 1. The van der Waals surface area contributed by atoms with Crippen molar-refractivity contribution < 1.29 is 4.42 Å². The van der Waals surface area contributed by atoms with Gasteiger partial charge in [0.05, 0.1) is 23.0 Å². The van der Waals surface area contributed by atoms with Crippen LogP contribution in [0.1, 0.15) is 5.69 Å². The Morgan fingerprint density at radius 1 is 1.41 bits per heavy atom. The molecule has 0 atom stereocenters. The molecule has 3 aromatic rings. The summed E-state index contributed by atoms with van der Waals surface area (Å²) < 4.78 is 6.96. The maximum absolute atomic E-state index is 5.87. The van der Waals surface area contributed by atoms with E-state index < -0.39 is 0 Å². The molecule has 0 aliphatic rings. The fourth-order valence-corrected chi connectivity index (χ4v) is 1.80. The summed E-state index contributed by atoms with van der Waals surface area (Å²) in [5.41, 5.74) is 8.80. The molecule has 6 nitrogen and oxygen atoms in total. The van der Waals surface area contributed by atoms with E-state index in [0.717, 1.165) is 16.7 Å². The van der Waals surface area contributed by atoms with Crippen molar-refractivity contribution in [1.82, 2.24) is 19.7 Å². The van der Waals surface area contributed by atoms with Gasteiger partial charge < -0.3 is 10.2 Å². The number of hydrogen-bond donors (Lipinski definition) is 1. The van der Waals surface area contributed by atoms with Gasteiger partial charge >= 0.3 is 0 Å². The Labute approximate surface area is 97.1 Å². The SMILES string of the molecule is Cc1nc2c(cc1N)c(-c1cnco1)nn2C. The number of aryl methyl sites for hydroxylation is 2. The molecule has 0 saturated heterocycles. The fourth-order valence-electron chi connectivity index (χ4n) is 1.80. The standard InChI is InChI=1S/C11H11N5O/c1-6-8(12)3-7-10(9-4-13-5-17-9)15-16(2)11(7)14-6/h3-5H,12H2,1-2H3. The first-order chi connectivity index (χ1) is 8.16. The maximum atomic E-state index is 5.87. The minimum Gasteiger partial charge on any atom is -0.442 e. The van der Waals surface area contributed by atoms with Crippen LogP contribution in [-0.2, 0) is 7.05 Å². The summed E-state index contributed by atoms with van der Waals surface area (Å²) in [4.78, 5) is 8.31. The molecule has 3 aromatic heterocycles. The Kier molecular flexibility index (Phi) is 1.91. The third-order valence-corrected chi connectivity index (χ3v) is 2.71. The molecule has 0 bridgehead atoms. The minimum atomic E-state index is 0.612. The zero-order chi connectivity index (χ0) is 12.0. The molecule has 0 saturated carbocycles. The lowest BCUT2D eigenvalue weighted by atomic mass is 10.2. The maximum Gasteiger partial charge on any atom is 0.181 e. The number of anilines is 1. The molecule has 6 heteroatoms. The summed E-state index contributed by atoms with van der Waals surface area (Å²) in [6.07, 6.45) is 3.00. The van der Waals surface area contributed by atoms with E-state index in [2.05, 4.69) is 15.1 Å². The number of fused-ring (bicyclic) bond motifs is 1. The molecule has 2 N–H and O–H groups in total. The van der Waals surface area contributed by atoms with Gasteiger partial charge in [0.15, 0.2) is 17.8 Å². The van der Waals surface area contributed by atoms with Gasteiger partial charge in [-0.2, -0.15) is 5.10 Å². The zero-order valence-electron chi connectivity index (χ0n) is 9.51. The van der Waals surface area contributed by atoms with Crippen molar-refractivity contribution in [2.45, 2.75) is 6.92 Å². The van der Waals surface area contributed by atoms with Gasteiger partial charge in [0, 0.05) is 7.05 Å². The highest BCUT2D eigenvalue weighted by Crippen LogP contribution is 2.28. The van der Waals surface area contributed by atoms with Gasteiger partial charge in [0.1, 0.15) is 5.69 Å². The van der Waals surface area contributed by atoms with Gasteiger partial charge in [-0.15, -0.1) is 0 Å². The highest BCUT2D eigenvalue weighted by atomic mass is 16.3. The summed E-state index contributed by atoms with van der Waals surface area (Å²) in [6.45, 7) is 1.87. The lowest BCUT2D eigenvalue weighted by molar-refractivity contribution is 0.568. The number of nitrogens with zero attached hydrogens (tertiary/aromatic N) is 4. The van der Waals surface area contributed by atoms with Crippen LogP contribution in [-0.4, -0.2) is 19.7 Å². The van der Waals surface area contributed by atoms with E-state index in [1.807, 2.05) is 20.0 Å². The largest absolute Gasteiger partial charge is 0.442 e. The van der Waals surface area contributed by atoms with Crippen molar-refractivity contribution >= 4 is 16.7 Å². The number of nitrogens with two attached hydrogens (primary N) is 1. The number of hydrogen-bond acceptors (Lipinski definition) is 5. The molecule has 86 valence electrons. The Morgan fingerprint density at radius 3 is 2.94 bits per heavy atom. The van der Waals surface area contributed by atoms with Crippen LogP contribution in [0.25, 0.3) is 22.5 Å². The Hall–Kier alpha value is -2.37. The van der Waals surface area contributed by atoms with Crippen molar-refractivity contribution in [1.29, 1.82) is 0 Å². The van der Waals surface area contributed by atoms with Crippen LogP contribution in [0, 0.1) is 6.92 Å². The van der Waals surface area contributed by atoms with Crippen LogP contribution in [0.2, 0.25) is 0 Å². The van der Waals surface area contributed by atoms with Crippen LogP contribution in [0.5, 0.6) is 0 Å². The summed E-state index contributed by atoms with van der Waals surface area (Å²) in [5, 5.41) is 5.25. The van der Waals surface area contributed by atoms with E-state index in [9.17, 15) is 0 Å². The van der Waals surface area contributed by atoms with Gasteiger partial charge in [-0.25, -0.2) is 14.6 Å². The molecule has 0 unspecified atom stereocenters. The van der Waals surface area contributed by atoms with E-state index in [0.29, 0.717) is 17.1 Å². The number of pyridine rings is 1. The van der Waals surface area contributed by atoms with Crippen LogP contribution in [0.4, 0.5) is 5.69 Å². The third kappa shape index (κ3) is 1.37. The Bertz CT molecular complexity index is 684. The van der Waals surface area contributed by atoms with Gasteiger partial charge in [0.2, 0.25) is 0 Å². The van der Waals surface area contributed by atoms with E-state index in [-0.39, 0.29) is 0 Å². The molecule has 0 fully saturated rings. The first-order valence-electron chi connectivity index (χ1n) is 5.15. The predicted octanol–water partition coefficient (Wildman–Crippen LogP) is 1.51.